The summed E-state index contributed by atoms with van der Waals surface area (Å²) < 4.78 is 37.4. The fourth-order valence-electron chi connectivity index (χ4n) is 1.92. The van der Waals surface area contributed by atoms with E-state index < -0.39 is 10.1 Å². The smallest absolute Gasteiger partial charge is 0.264 e. The highest BCUT2D eigenvalue weighted by molar-refractivity contribution is 7.85. The van der Waals surface area contributed by atoms with E-state index in [-0.39, 0.29) is 26.4 Å². The van der Waals surface area contributed by atoms with Crippen molar-refractivity contribution in [2.24, 2.45) is 0 Å². The Balaban J connectivity index is 2.14. The van der Waals surface area contributed by atoms with Crippen LogP contribution in [-0.4, -0.2) is 46.2 Å². The van der Waals surface area contributed by atoms with Crippen molar-refractivity contribution in [2.45, 2.75) is 0 Å². The van der Waals surface area contributed by atoms with Crippen molar-refractivity contribution in [1.82, 2.24) is 0 Å². The third kappa shape index (κ3) is 4.87. The molecule has 120 valence electrons. The minimum Gasteiger partial charge on any atom is -0.487 e. The van der Waals surface area contributed by atoms with Crippen LogP contribution in [0.3, 0.4) is 0 Å². The lowest BCUT2D eigenvalue weighted by molar-refractivity contribution is 0.185. The minimum atomic E-state index is -3.48. The second-order valence-corrected chi connectivity index (χ2v) is 6.24. The van der Waals surface area contributed by atoms with Crippen LogP contribution in [0.1, 0.15) is 0 Å². The van der Waals surface area contributed by atoms with Crippen LogP contribution < -0.4 is 9.47 Å². The number of aliphatic hydroxyl groups excluding tert-OH is 1. The Labute approximate surface area is 129 Å². The highest BCUT2D eigenvalue weighted by atomic mass is 32.2. The van der Waals surface area contributed by atoms with E-state index in [1.807, 2.05) is 36.4 Å². The number of hydrogen-bond donors (Lipinski definition) is 1. The second kappa shape index (κ2) is 7.44. The summed E-state index contributed by atoms with van der Waals surface area (Å²) in [4.78, 5) is 0. The van der Waals surface area contributed by atoms with Gasteiger partial charge in [-0.1, -0.05) is 24.3 Å². The van der Waals surface area contributed by atoms with Crippen LogP contribution in [0.15, 0.2) is 36.4 Å². The summed E-state index contributed by atoms with van der Waals surface area (Å²) in [5.41, 5.74) is 0. The van der Waals surface area contributed by atoms with Gasteiger partial charge in [0, 0.05) is 0 Å². The molecule has 0 fully saturated rings. The number of fused-ring (bicyclic) bond motifs is 1. The summed E-state index contributed by atoms with van der Waals surface area (Å²) in [7, 11) is -3.48. The van der Waals surface area contributed by atoms with Gasteiger partial charge in [-0.25, -0.2) is 0 Å². The summed E-state index contributed by atoms with van der Waals surface area (Å²) in [6.07, 6.45) is 0.985. The maximum absolute atomic E-state index is 10.9. The lowest BCUT2D eigenvalue weighted by Gasteiger charge is -2.13. The molecule has 1 N–H and O–H groups in total. The monoisotopic (exact) mass is 326 g/mol. The zero-order valence-electron chi connectivity index (χ0n) is 12.2. The maximum Gasteiger partial charge on any atom is 0.264 e. The van der Waals surface area contributed by atoms with Crippen LogP contribution in [0.2, 0.25) is 0 Å². The van der Waals surface area contributed by atoms with Gasteiger partial charge in [-0.3, -0.25) is 4.18 Å². The zero-order valence-corrected chi connectivity index (χ0v) is 13.0. The molecule has 0 aliphatic rings. The number of ether oxygens (including phenoxy) is 2. The van der Waals surface area contributed by atoms with Crippen molar-refractivity contribution >= 4 is 20.9 Å². The van der Waals surface area contributed by atoms with E-state index in [0.29, 0.717) is 11.5 Å². The summed E-state index contributed by atoms with van der Waals surface area (Å²) in [6, 6.07) is 11.3. The molecule has 0 aliphatic carbocycles. The molecule has 0 amide bonds. The number of rotatable bonds is 8. The molecular weight excluding hydrogens is 308 g/mol. The van der Waals surface area contributed by atoms with Crippen LogP contribution in [-0.2, 0) is 14.3 Å². The fourth-order valence-corrected chi connectivity index (χ4v) is 2.29. The van der Waals surface area contributed by atoms with E-state index in [1.54, 1.807) is 0 Å². The summed E-state index contributed by atoms with van der Waals surface area (Å²) in [6.45, 7) is 0.0317. The average molecular weight is 326 g/mol. The molecule has 0 saturated carbocycles. The summed E-state index contributed by atoms with van der Waals surface area (Å²) >= 11 is 0. The predicted molar refractivity (Wildman–Crippen MR) is 82.8 cm³/mol. The Morgan fingerprint density at radius 2 is 1.50 bits per heavy atom. The lowest BCUT2D eigenvalue weighted by atomic mass is 10.1. The van der Waals surface area contributed by atoms with Gasteiger partial charge in [-0.15, -0.1) is 0 Å². The van der Waals surface area contributed by atoms with Crippen molar-refractivity contribution < 1.29 is 27.2 Å². The van der Waals surface area contributed by atoms with E-state index in [0.717, 1.165) is 17.0 Å². The van der Waals surface area contributed by atoms with E-state index >= 15 is 0 Å². The van der Waals surface area contributed by atoms with Crippen molar-refractivity contribution in [1.29, 1.82) is 0 Å². The topological polar surface area (TPSA) is 82.1 Å². The minimum absolute atomic E-state index is 0.0703. The molecule has 0 aromatic heterocycles. The third-order valence-corrected chi connectivity index (χ3v) is 3.39. The molecule has 0 radical (unpaired) electrons. The van der Waals surface area contributed by atoms with E-state index in [9.17, 15) is 8.42 Å². The van der Waals surface area contributed by atoms with E-state index in [1.165, 1.54) is 0 Å². The van der Waals surface area contributed by atoms with Crippen LogP contribution in [0.25, 0.3) is 10.8 Å². The zero-order chi connectivity index (χ0) is 16.0. The molecule has 0 atom stereocenters. The van der Waals surface area contributed by atoms with Gasteiger partial charge < -0.3 is 14.6 Å². The van der Waals surface area contributed by atoms with Gasteiger partial charge in [0.05, 0.1) is 12.9 Å². The molecule has 6 nitrogen and oxygen atoms in total. The third-order valence-electron chi connectivity index (χ3n) is 2.80. The van der Waals surface area contributed by atoms with Crippen molar-refractivity contribution in [3.05, 3.63) is 36.4 Å². The Bertz CT molecular complexity index is 726. The molecule has 0 heterocycles. The summed E-state index contributed by atoms with van der Waals surface area (Å²) in [5, 5.41) is 10.8. The molecule has 22 heavy (non-hydrogen) atoms. The Morgan fingerprint density at radius 1 is 0.955 bits per heavy atom. The van der Waals surface area contributed by atoms with Gasteiger partial charge in [0.1, 0.15) is 19.8 Å². The first-order valence-corrected chi connectivity index (χ1v) is 8.55. The van der Waals surface area contributed by atoms with E-state index in [2.05, 4.69) is 4.18 Å². The Kier molecular flexibility index (Phi) is 5.59. The van der Waals surface area contributed by atoms with Crippen LogP contribution in [0, 0.1) is 0 Å². The van der Waals surface area contributed by atoms with Crippen molar-refractivity contribution in [3.8, 4) is 11.5 Å². The number of aliphatic hydroxyl groups is 1. The van der Waals surface area contributed by atoms with Gasteiger partial charge in [0.2, 0.25) is 0 Å². The lowest BCUT2D eigenvalue weighted by Crippen LogP contribution is -2.12. The molecule has 7 heteroatoms. The fraction of sp³-hybridized carbons (Fsp3) is 0.333. The van der Waals surface area contributed by atoms with Gasteiger partial charge >= 0.3 is 0 Å². The van der Waals surface area contributed by atoms with Crippen LogP contribution in [0.4, 0.5) is 0 Å². The molecule has 0 bridgehead atoms. The first kappa shape index (κ1) is 16.5. The Morgan fingerprint density at radius 3 is 2.00 bits per heavy atom. The van der Waals surface area contributed by atoms with E-state index in [4.69, 9.17) is 14.6 Å². The molecule has 0 unspecified atom stereocenters. The average Bonchev–Trinajstić information content (AvgIpc) is 2.48. The van der Waals surface area contributed by atoms with Gasteiger partial charge in [-0.05, 0) is 22.9 Å². The molecule has 2 rings (SSSR count). The van der Waals surface area contributed by atoms with Crippen LogP contribution in [0.5, 0.6) is 11.5 Å². The normalized spacial score (nSPS) is 11.5. The predicted octanol–water partition coefficient (Wildman–Crippen LogP) is 1.57. The van der Waals surface area contributed by atoms with Gasteiger partial charge in [0.25, 0.3) is 10.1 Å². The maximum atomic E-state index is 10.9. The van der Waals surface area contributed by atoms with Crippen molar-refractivity contribution in [3.63, 3.8) is 0 Å². The largest absolute Gasteiger partial charge is 0.487 e. The highest BCUT2D eigenvalue weighted by Gasteiger charge is 2.09. The summed E-state index contributed by atoms with van der Waals surface area (Å²) in [5.74, 6) is 0.969. The molecule has 0 spiro atoms. The molecule has 2 aromatic rings. The van der Waals surface area contributed by atoms with Gasteiger partial charge in [-0.2, -0.15) is 8.42 Å². The second-order valence-electron chi connectivity index (χ2n) is 4.59. The quantitative estimate of drug-likeness (QED) is 0.586. The Hall–Kier alpha value is -1.83. The SMILES string of the molecule is CS(=O)(=O)OCCOc1cc2ccccc2cc1OCCO. The first-order valence-electron chi connectivity index (χ1n) is 6.73. The highest BCUT2D eigenvalue weighted by Crippen LogP contribution is 2.32. The van der Waals surface area contributed by atoms with Crippen molar-refractivity contribution in [2.75, 3.05) is 32.7 Å². The number of benzene rings is 2. The standard InChI is InChI=1S/C15H18O6S/c1-22(17,18)21-9-8-20-15-11-13-5-3-2-4-12(13)10-14(15)19-7-6-16/h2-5,10-11,16H,6-9H2,1H3. The first-order chi connectivity index (χ1) is 10.5. The molecule has 0 saturated heterocycles. The molecular formula is C15H18O6S. The molecule has 0 aliphatic heterocycles. The number of hydrogen-bond acceptors (Lipinski definition) is 6. The van der Waals surface area contributed by atoms with Gasteiger partial charge in [0.15, 0.2) is 11.5 Å². The van der Waals surface area contributed by atoms with Crippen LogP contribution >= 0.6 is 0 Å². The molecule has 2 aromatic carbocycles.